The molecule has 2 N–H and O–H groups in total. The number of benzene rings is 1. The van der Waals surface area contributed by atoms with Crippen LogP contribution >= 0.6 is 12.2 Å². The summed E-state index contributed by atoms with van der Waals surface area (Å²) in [5.41, 5.74) is 3.58. The molecule has 0 bridgehead atoms. The predicted octanol–water partition coefficient (Wildman–Crippen LogP) is 1.91. The molecule has 0 saturated heterocycles. The summed E-state index contributed by atoms with van der Waals surface area (Å²) in [5.74, 6) is 1.39. The molecule has 0 unspecified atom stereocenters. The number of rotatable bonds is 5. The second-order valence-electron chi connectivity index (χ2n) is 4.03. The normalized spacial score (nSPS) is 10.6. The number of hydrazone groups is 1. The molecule has 0 heterocycles. The second kappa shape index (κ2) is 7.58. The van der Waals surface area contributed by atoms with Crippen LogP contribution in [-0.2, 0) is 0 Å². The van der Waals surface area contributed by atoms with Gasteiger partial charge in [0.1, 0.15) is 0 Å². The van der Waals surface area contributed by atoms with E-state index in [2.05, 4.69) is 15.8 Å². The van der Waals surface area contributed by atoms with E-state index < -0.39 is 0 Å². The van der Waals surface area contributed by atoms with Crippen molar-refractivity contribution in [2.75, 3.05) is 14.2 Å². The molecule has 6 heteroatoms. The van der Waals surface area contributed by atoms with Crippen molar-refractivity contribution in [3.8, 4) is 11.5 Å². The van der Waals surface area contributed by atoms with Gasteiger partial charge in [-0.3, -0.25) is 5.43 Å². The third-order valence-corrected chi connectivity index (χ3v) is 2.45. The molecular formula is C13H19N3O2S. The van der Waals surface area contributed by atoms with Crippen molar-refractivity contribution < 1.29 is 9.47 Å². The van der Waals surface area contributed by atoms with E-state index >= 15 is 0 Å². The predicted molar refractivity (Wildman–Crippen MR) is 81.1 cm³/mol. The Labute approximate surface area is 119 Å². The summed E-state index contributed by atoms with van der Waals surface area (Å²) in [4.78, 5) is 0. The molecule has 104 valence electrons. The molecule has 5 nitrogen and oxygen atoms in total. The van der Waals surface area contributed by atoms with Crippen LogP contribution in [0.1, 0.15) is 19.4 Å². The zero-order valence-electron chi connectivity index (χ0n) is 11.6. The average Bonchev–Trinajstić information content (AvgIpc) is 2.38. The quantitative estimate of drug-likeness (QED) is 0.490. The summed E-state index contributed by atoms with van der Waals surface area (Å²) < 4.78 is 10.9. The van der Waals surface area contributed by atoms with Crippen LogP contribution in [0.2, 0.25) is 0 Å². The third kappa shape index (κ3) is 5.13. The lowest BCUT2D eigenvalue weighted by molar-refractivity contribution is 0.230. The standard InChI is InChI=1S/C13H19N3O2S/c1-9(2)18-12-7-10(5-6-11(12)17-4)8-15-16-13(19)14-3/h5-9H,1-4H3,(H2,14,16,19)/b15-8+. The van der Waals surface area contributed by atoms with Gasteiger partial charge < -0.3 is 14.8 Å². The van der Waals surface area contributed by atoms with Gasteiger partial charge in [0.15, 0.2) is 16.6 Å². The van der Waals surface area contributed by atoms with Crippen LogP contribution in [0.4, 0.5) is 0 Å². The Kier molecular flexibility index (Phi) is 6.08. The van der Waals surface area contributed by atoms with E-state index in [1.165, 1.54) is 0 Å². The lowest BCUT2D eigenvalue weighted by Gasteiger charge is -2.13. The van der Waals surface area contributed by atoms with Crippen LogP contribution in [-0.4, -0.2) is 31.6 Å². The van der Waals surface area contributed by atoms with Gasteiger partial charge in [-0.25, -0.2) is 0 Å². The zero-order valence-corrected chi connectivity index (χ0v) is 12.4. The lowest BCUT2D eigenvalue weighted by Crippen LogP contribution is -2.28. The van der Waals surface area contributed by atoms with Crippen molar-refractivity contribution in [1.29, 1.82) is 0 Å². The monoisotopic (exact) mass is 281 g/mol. The molecule has 1 rings (SSSR count). The molecule has 1 aromatic carbocycles. The highest BCUT2D eigenvalue weighted by atomic mass is 32.1. The second-order valence-corrected chi connectivity index (χ2v) is 4.43. The Morgan fingerprint density at radius 3 is 2.68 bits per heavy atom. The van der Waals surface area contributed by atoms with Crippen molar-refractivity contribution in [3.63, 3.8) is 0 Å². The van der Waals surface area contributed by atoms with Crippen molar-refractivity contribution >= 4 is 23.5 Å². The van der Waals surface area contributed by atoms with Gasteiger partial charge in [-0.2, -0.15) is 5.10 Å². The number of thiocarbonyl (C=S) groups is 1. The van der Waals surface area contributed by atoms with Gasteiger partial charge in [0.2, 0.25) is 0 Å². The van der Waals surface area contributed by atoms with E-state index in [1.807, 2.05) is 32.0 Å². The molecular weight excluding hydrogens is 262 g/mol. The minimum absolute atomic E-state index is 0.0797. The van der Waals surface area contributed by atoms with Gasteiger partial charge in [-0.1, -0.05) is 0 Å². The van der Waals surface area contributed by atoms with Gasteiger partial charge in [0.25, 0.3) is 0 Å². The van der Waals surface area contributed by atoms with Gasteiger partial charge in [-0.15, -0.1) is 0 Å². The van der Waals surface area contributed by atoms with Crippen LogP contribution in [0, 0.1) is 0 Å². The number of hydrogen-bond acceptors (Lipinski definition) is 4. The minimum atomic E-state index is 0.0797. The molecule has 0 fully saturated rings. The SMILES string of the molecule is CNC(=S)N/N=C/c1ccc(OC)c(OC(C)C)c1. The summed E-state index contributed by atoms with van der Waals surface area (Å²) in [7, 11) is 3.34. The molecule has 1 aromatic rings. The maximum atomic E-state index is 5.68. The first-order valence-electron chi connectivity index (χ1n) is 5.92. The molecule has 0 radical (unpaired) electrons. The van der Waals surface area contributed by atoms with Crippen LogP contribution in [0.15, 0.2) is 23.3 Å². The Morgan fingerprint density at radius 1 is 1.37 bits per heavy atom. The van der Waals surface area contributed by atoms with Crippen molar-refractivity contribution in [2.24, 2.45) is 5.10 Å². The summed E-state index contributed by atoms with van der Waals surface area (Å²) in [5, 5.41) is 7.24. The fourth-order valence-corrected chi connectivity index (χ4v) is 1.39. The average molecular weight is 281 g/mol. The Balaban J connectivity index is 2.82. The van der Waals surface area contributed by atoms with Crippen LogP contribution in [0.25, 0.3) is 0 Å². The minimum Gasteiger partial charge on any atom is -0.493 e. The van der Waals surface area contributed by atoms with E-state index in [4.69, 9.17) is 21.7 Å². The number of nitrogens with zero attached hydrogens (tertiary/aromatic N) is 1. The number of ether oxygens (including phenoxy) is 2. The number of nitrogens with one attached hydrogen (secondary N) is 2. The lowest BCUT2D eigenvalue weighted by atomic mass is 10.2. The topological polar surface area (TPSA) is 54.9 Å². The molecule has 19 heavy (non-hydrogen) atoms. The molecule has 0 spiro atoms. The molecule has 0 aliphatic rings. The van der Waals surface area contributed by atoms with E-state index in [0.29, 0.717) is 16.6 Å². The van der Waals surface area contributed by atoms with Crippen molar-refractivity contribution in [1.82, 2.24) is 10.7 Å². The van der Waals surface area contributed by atoms with Gasteiger partial charge >= 0.3 is 0 Å². The third-order valence-electron chi connectivity index (χ3n) is 2.16. The number of methoxy groups -OCH3 is 1. The van der Waals surface area contributed by atoms with Crippen molar-refractivity contribution in [2.45, 2.75) is 20.0 Å². The Bertz CT molecular complexity index is 461. The Morgan fingerprint density at radius 2 is 2.11 bits per heavy atom. The highest BCUT2D eigenvalue weighted by molar-refractivity contribution is 7.80. The molecule has 0 aromatic heterocycles. The fourth-order valence-electron chi connectivity index (χ4n) is 1.34. The van der Waals surface area contributed by atoms with E-state index in [9.17, 15) is 0 Å². The first kappa shape index (κ1) is 15.2. The number of hydrogen-bond donors (Lipinski definition) is 2. The molecule has 0 amide bonds. The first-order valence-corrected chi connectivity index (χ1v) is 6.33. The maximum absolute atomic E-state index is 5.68. The summed E-state index contributed by atoms with van der Waals surface area (Å²) in [6, 6.07) is 5.60. The van der Waals surface area contributed by atoms with Crippen LogP contribution in [0.5, 0.6) is 11.5 Å². The zero-order chi connectivity index (χ0) is 14.3. The van der Waals surface area contributed by atoms with Gasteiger partial charge in [0, 0.05) is 7.05 Å². The first-order chi connectivity index (χ1) is 9.06. The fraction of sp³-hybridized carbons (Fsp3) is 0.385. The summed E-state index contributed by atoms with van der Waals surface area (Å²) >= 11 is 4.91. The van der Waals surface area contributed by atoms with E-state index in [0.717, 1.165) is 5.56 Å². The van der Waals surface area contributed by atoms with E-state index in [-0.39, 0.29) is 6.10 Å². The molecule has 0 atom stereocenters. The molecule has 0 aliphatic heterocycles. The highest BCUT2D eigenvalue weighted by Crippen LogP contribution is 2.28. The summed E-state index contributed by atoms with van der Waals surface area (Å²) in [6.07, 6.45) is 1.74. The summed E-state index contributed by atoms with van der Waals surface area (Å²) in [6.45, 7) is 3.93. The van der Waals surface area contributed by atoms with Crippen LogP contribution in [0.3, 0.4) is 0 Å². The largest absolute Gasteiger partial charge is 0.493 e. The van der Waals surface area contributed by atoms with E-state index in [1.54, 1.807) is 20.4 Å². The molecule has 0 saturated carbocycles. The smallest absolute Gasteiger partial charge is 0.186 e. The van der Waals surface area contributed by atoms with Gasteiger partial charge in [0.05, 0.1) is 19.4 Å². The highest BCUT2D eigenvalue weighted by Gasteiger charge is 2.06. The van der Waals surface area contributed by atoms with Crippen molar-refractivity contribution in [3.05, 3.63) is 23.8 Å². The van der Waals surface area contributed by atoms with Crippen LogP contribution < -0.4 is 20.2 Å². The molecule has 0 aliphatic carbocycles. The Hall–Kier alpha value is -1.82. The van der Waals surface area contributed by atoms with Gasteiger partial charge in [-0.05, 0) is 49.8 Å². The maximum Gasteiger partial charge on any atom is 0.186 e.